The highest BCUT2D eigenvalue weighted by Gasteiger charge is 2.02. The Hall–Kier alpha value is -1.86. The summed E-state index contributed by atoms with van der Waals surface area (Å²) in [5, 5.41) is 12.3. The Morgan fingerprint density at radius 1 is 1.33 bits per heavy atom. The van der Waals surface area contributed by atoms with Crippen molar-refractivity contribution < 1.29 is 0 Å². The van der Waals surface area contributed by atoms with E-state index in [-0.39, 0.29) is 0 Å². The van der Waals surface area contributed by atoms with Crippen LogP contribution in [0.2, 0.25) is 0 Å². The van der Waals surface area contributed by atoms with Crippen molar-refractivity contribution in [1.29, 1.82) is 5.26 Å². The molecule has 2 aromatic rings. The van der Waals surface area contributed by atoms with Crippen molar-refractivity contribution in [2.45, 2.75) is 13.5 Å². The summed E-state index contributed by atoms with van der Waals surface area (Å²) < 4.78 is 0.950. The number of benzene rings is 1. The molecule has 0 saturated carbocycles. The van der Waals surface area contributed by atoms with Crippen molar-refractivity contribution in [3.8, 4) is 6.07 Å². The van der Waals surface area contributed by atoms with Gasteiger partial charge in [0.1, 0.15) is 6.07 Å². The average molecular weight is 302 g/mol. The molecule has 1 N–H and O–H groups in total. The van der Waals surface area contributed by atoms with Gasteiger partial charge in [0.15, 0.2) is 0 Å². The van der Waals surface area contributed by atoms with Crippen LogP contribution in [0.5, 0.6) is 0 Å². The zero-order valence-electron chi connectivity index (χ0n) is 9.94. The number of hydrogen-bond donors (Lipinski definition) is 1. The van der Waals surface area contributed by atoms with Gasteiger partial charge in [-0.3, -0.25) is 4.98 Å². The SMILES string of the molecule is Cc1cncc(CNc2cc(Br)ccc2C#N)c1. The van der Waals surface area contributed by atoms with Gasteiger partial charge in [0, 0.05) is 23.4 Å². The number of nitrogens with one attached hydrogen (secondary N) is 1. The maximum absolute atomic E-state index is 9.03. The number of anilines is 1. The minimum atomic E-state index is 0.638. The van der Waals surface area contributed by atoms with Crippen LogP contribution in [0.4, 0.5) is 5.69 Å². The van der Waals surface area contributed by atoms with E-state index in [4.69, 9.17) is 5.26 Å². The normalized spacial score (nSPS) is 9.83. The first-order valence-corrected chi connectivity index (χ1v) is 6.32. The number of aromatic nitrogens is 1. The van der Waals surface area contributed by atoms with Gasteiger partial charge in [0.25, 0.3) is 0 Å². The second-order valence-electron chi connectivity index (χ2n) is 4.03. The standard InChI is InChI=1S/C14H12BrN3/c1-10-4-11(8-17-7-10)9-18-14-5-13(15)3-2-12(14)6-16/h2-5,7-8,18H,9H2,1H3. The summed E-state index contributed by atoms with van der Waals surface area (Å²) in [6, 6.07) is 9.80. The third-order valence-electron chi connectivity index (χ3n) is 2.52. The zero-order chi connectivity index (χ0) is 13.0. The van der Waals surface area contributed by atoms with Crippen LogP contribution in [0.15, 0.2) is 41.1 Å². The summed E-state index contributed by atoms with van der Waals surface area (Å²) in [6.45, 7) is 2.66. The molecule has 0 saturated heterocycles. The number of aryl methyl sites for hydroxylation is 1. The van der Waals surface area contributed by atoms with Crippen molar-refractivity contribution in [2.75, 3.05) is 5.32 Å². The molecular formula is C14H12BrN3. The fourth-order valence-electron chi connectivity index (χ4n) is 1.67. The number of halogens is 1. The first-order chi connectivity index (χ1) is 8.69. The van der Waals surface area contributed by atoms with Gasteiger partial charge < -0.3 is 5.32 Å². The predicted molar refractivity (Wildman–Crippen MR) is 75.2 cm³/mol. The van der Waals surface area contributed by atoms with Crippen LogP contribution in [0.25, 0.3) is 0 Å². The van der Waals surface area contributed by atoms with E-state index < -0.39 is 0 Å². The quantitative estimate of drug-likeness (QED) is 0.941. The monoisotopic (exact) mass is 301 g/mol. The van der Waals surface area contributed by atoms with E-state index in [0.29, 0.717) is 12.1 Å². The molecule has 1 aromatic carbocycles. The fourth-order valence-corrected chi connectivity index (χ4v) is 2.03. The average Bonchev–Trinajstić information content (AvgIpc) is 2.37. The number of hydrogen-bond acceptors (Lipinski definition) is 3. The second-order valence-corrected chi connectivity index (χ2v) is 4.94. The predicted octanol–water partition coefficient (Wildman–Crippen LogP) is 3.64. The molecule has 1 aromatic heterocycles. The lowest BCUT2D eigenvalue weighted by Crippen LogP contribution is -2.02. The molecule has 18 heavy (non-hydrogen) atoms. The molecule has 1 heterocycles. The molecule has 2 rings (SSSR count). The molecule has 3 nitrogen and oxygen atoms in total. The van der Waals surface area contributed by atoms with Crippen LogP contribution in [-0.2, 0) is 6.54 Å². The van der Waals surface area contributed by atoms with Crippen molar-refractivity contribution in [1.82, 2.24) is 4.98 Å². The molecule has 0 unspecified atom stereocenters. The zero-order valence-corrected chi connectivity index (χ0v) is 11.5. The Morgan fingerprint density at radius 2 is 2.17 bits per heavy atom. The summed E-state index contributed by atoms with van der Waals surface area (Å²) in [4.78, 5) is 4.14. The molecule has 0 bridgehead atoms. The number of pyridine rings is 1. The molecule has 4 heteroatoms. The van der Waals surface area contributed by atoms with E-state index in [9.17, 15) is 0 Å². The number of rotatable bonds is 3. The second kappa shape index (κ2) is 5.65. The summed E-state index contributed by atoms with van der Waals surface area (Å²) in [6.07, 6.45) is 3.65. The van der Waals surface area contributed by atoms with Gasteiger partial charge in [-0.25, -0.2) is 0 Å². The van der Waals surface area contributed by atoms with Gasteiger partial charge in [-0.1, -0.05) is 22.0 Å². The van der Waals surface area contributed by atoms with Crippen molar-refractivity contribution in [3.05, 3.63) is 57.8 Å². The highest BCUT2D eigenvalue weighted by molar-refractivity contribution is 9.10. The smallest absolute Gasteiger partial charge is 0.101 e. The third kappa shape index (κ3) is 3.08. The first kappa shape index (κ1) is 12.6. The van der Waals surface area contributed by atoms with Crippen molar-refractivity contribution >= 4 is 21.6 Å². The van der Waals surface area contributed by atoms with Crippen LogP contribution in [0, 0.1) is 18.3 Å². The number of nitrogens with zero attached hydrogens (tertiary/aromatic N) is 2. The lowest BCUT2D eigenvalue weighted by molar-refractivity contribution is 1.09. The molecule has 0 radical (unpaired) electrons. The summed E-state index contributed by atoms with van der Waals surface area (Å²) in [5.74, 6) is 0. The topological polar surface area (TPSA) is 48.7 Å². The minimum Gasteiger partial charge on any atom is -0.380 e. The van der Waals surface area contributed by atoms with Crippen molar-refractivity contribution in [2.24, 2.45) is 0 Å². The van der Waals surface area contributed by atoms with E-state index in [1.807, 2.05) is 31.5 Å². The van der Waals surface area contributed by atoms with E-state index >= 15 is 0 Å². The van der Waals surface area contributed by atoms with Crippen LogP contribution >= 0.6 is 15.9 Å². The lowest BCUT2D eigenvalue weighted by atomic mass is 10.2. The molecule has 0 fully saturated rings. The van der Waals surface area contributed by atoms with Gasteiger partial charge in [-0.2, -0.15) is 5.26 Å². The Kier molecular flexibility index (Phi) is 3.96. The van der Waals surface area contributed by atoms with Gasteiger partial charge in [0.05, 0.1) is 11.3 Å². The maximum Gasteiger partial charge on any atom is 0.101 e. The molecule has 0 spiro atoms. The van der Waals surface area contributed by atoms with Gasteiger partial charge >= 0.3 is 0 Å². The minimum absolute atomic E-state index is 0.638. The van der Waals surface area contributed by atoms with Crippen LogP contribution in [-0.4, -0.2) is 4.98 Å². The Balaban J connectivity index is 2.15. The molecule has 0 atom stereocenters. The largest absolute Gasteiger partial charge is 0.380 e. The van der Waals surface area contributed by atoms with E-state index in [0.717, 1.165) is 21.3 Å². The van der Waals surface area contributed by atoms with Crippen molar-refractivity contribution in [3.63, 3.8) is 0 Å². The highest BCUT2D eigenvalue weighted by atomic mass is 79.9. The maximum atomic E-state index is 9.03. The Bertz CT molecular complexity index is 602. The molecule has 0 amide bonds. The highest BCUT2D eigenvalue weighted by Crippen LogP contribution is 2.21. The molecule has 90 valence electrons. The van der Waals surface area contributed by atoms with Crippen LogP contribution in [0.3, 0.4) is 0 Å². The Labute approximate surface area is 115 Å². The van der Waals surface area contributed by atoms with E-state index in [2.05, 4.69) is 38.4 Å². The number of nitriles is 1. The molecule has 0 aliphatic heterocycles. The van der Waals surface area contributed by atoms with Crippen LogP contribution in [0.1, 0.15) is 16.7 Å². The Morgan fingerprint density at radius 3 is 2.89 bits per heavy atom. The van der Waals surface area contributed by atoms with E-state index in [1.54, 1.807) is 6.07 Å². The fraction of sp³-hybridized carbons (Fsp3) is 0.143. The summed E-state index contributed by atoms with van der Waals surface area (Å²) in [7, 11) is 0. The molecule has 0 aliphatic carbocycles. The third-order valence-corrected chi connectivity index (χ3v) is 3.01. The van der Waals surface area contributed by atoms with Gasteiger partial charge in [-0.15, -0.1) is 0 Å². The molecular weight excluding hydrogens is 290 g/mol. The first-order valence-electron chi connectivity index (χ1n) is 5.53. The van der Waals surface area contributed by atoms with Gasteiger partial charge in [-0.05, 0) is 36.2 Å². The van der Waals surface area contributed by atoms with Gasteiger partial charge in [0.2, 0.25) is 0 Å². The lowest BCUT2D eigenvalue weighted by Gasteiger charge is -2.09. The molecule has 0 aliphatic rings. The summed E-state index contributed by atoms with van der Waals surface area (Å²) in [5.41, 5.74) is 3.69. The van der Waals surface area contributed by atoms with Crippen LogP contribution < -0.4 is 5.32 Å². The van der Waals surface area contributed by atoms with E-state index in [1.165, 1.54) is 0 Å². The summed E-state index contributed by atoms with van der Waals surface area (Å²) >= 11 is 3.40.